The van der Waals surface area contributed by atoms with Crippen LogP contribution in [0.2, 0.25) is 0 Å². The molecule has 106 valence electrons. The van der Waals surface area contributed by atoms with E-state index in [4.69, 9.17) is 10.5 Å². The van der Waals surface area contributed by atoms with Crippen molar-refractivity contribution in [1.29, 1.82) is 0 Å². The van der Waals surface area contributed by atoms with E-state index in [1.807, 2.05) is 0 Å². The topological polar surface area (TPSA) is 47.3 Å². The summed E-state index contributed by atoms with van der Waals surface area (Å²) in [6.07, 6.45) is 3.64. The summed E-state index contributed by atoms with van der Waals surface area (Å²) in [5, 5.41) is 3.55. The monoisotopic (exact) mass is 262 g/mol. The van der Waals surface area contributed by atoms with Crippen molar-refractivity contribution in [3.05, 3.63) is 28.8 Å². The van der Waals surface area contributed by atoms with E-state index in [0.717, 1.165) is 31.8 Å². The van der Waals surface area contributed by atoms with Gasteiger partial charge in [0.05, 0.1) is 7.11 Å². The molecule has 1 aromatic carbocycles. The highest BCUT2D eigenvalue weighted by Crippen LogP contribution is 2.43. The van der Waals surface area contributed by atoms with Crippen molar-refractivity contribution in [2.75, 3.05) is 26.7 Å². The molecule has 0 bridgehead atoms. The summed E-state index contributed by atoms with van der Waals surface area (Å²) in [5.74, 6) is 0.981. The molecule has 3 N–H and O–H groups in total. The van der Waals surface area contributed by atoms with Crippen molar-refractivity contribution >= 4 is 0 Å². The molecule has 0 amide bonds. The quantitative estimate of drug-likeness (QED) is 0.740. The molecule has 2 rings (SSSR count). The Labute approximate surface area is 116 Å². The molecule has 19 heavy (non-hydrogen) atoms. The largest absolute Gasteiger partial charge is 0.496 e. The van der Waals surface area contributed by atoms with Crippen molar-refractivity contribution in [1.82, 2.24) is 5.32 Å². The van der Waals surface area contributed by atoms with Crippen LogP contribution < -0.4 is 15.8 Å². The summed E-state index contributed by atoms with van der Waals surface area (Å²) < 4.78 is 5.34. The molecule has 0 aromatic heterocycles. The van der Waals surface area contributed by atoms with Gasteiger partial charge in [0.2, 0.25) is 0 Å². The van der Waals surface area contributed by atoms with Crippen LogP contribution in [0.1, 0.15) is 29.5 Å². The van der Waals surface area contributed by atoms with Crippen LogP contribution in [0.25, 0.3) is 0 Å². The Hall–Kier alpha value is -1.06. The second-order valence-electron chi connectivity index (χ2n) is 5.81. The lowest BCUT2D eigenvalue weighted by Gasteiger charge is -2.15. The summed E-state index contributed by atoms with van der Waals surface area (Å²) in [4.78, 5) is 0. The third-order valence-corrected chi connectivity index (χ3v) is 4.53. The predicted molar refractivity (Wildman–Crippen MR) is 79.8 cm³/mol. The summed E-state index contributed by atoms with van der Waals surface area (Å²) in [6, 6.07) is 4.25. The van der Waals surface area contributed by atoms with Crippen molar-refractivity contribution in [3.8, 4) is 5.75 Å². The zero-order valence-electron chi connectivity index (χ0n) is 12.4. The molecule has 0 radical (unpaired) electrons. The Kier molecular flexibility index (Phi) is 4.48. The van der Waals surface area contributed by atoms with Gasteiger partial charge in [-0.3, -0.25) is 0 Å². The van der Waals surface area contributed by atoms with Crippen LogP contribution in [0.4, 0.5) is 0 Å². The number of ether oxygens (including phenoxy) is 1. The molecule has 0 heterocycles. The van der Waals surface area contributed by atoms with Gasteiger partial charge in [0, 0.05) is 6.54 Å². The lowest BCUT2D eigenvalue weighted by Crippen LogP contribution is -2.31. The van der Waals surface area contributed by atoms with Crippen LogP contribution in [0.15, 0.2) is 12.1 Å². The summed E-state index contributed by atoms with van der Waals surface area (Å²) in [5.41, 5.74) is 10.2. The van der Waals surface area contributed by atoms with Gasteiger partial charge >= 0.3 is 0 Å². The van der Waals surface area contributed by atoms with Crippen LogP contribution in [0, 0.1) is 19.3 Å². The van der Waals surface area contributed by atoms with Crippen LogP contribution in [0.5, 0.6) is 5.75 Å². The van der Waals surface area contributed by atoms with E-state index in [1.165, 1.54) is 29.5 Å². The molecule has 1 aliphatic rings. The highest BCUT2D eigenvalue weighted by atomic mass is 16.5. The molecule has 0 saturated heterocycles. The third kappa shape index (κ3) is 3.28. The Balaban J connectivity index is 1.84. The predicted octanol–water partition coefficient (Wildman–Crippen LogP) is 2.18. The molecular weight excluding hydrogens is 236 g/mol. The first kappa shape index (κ1) is 14.4. The van der Waals surface area contributed by atoms with E-state index in [2.05, 4.69) is 31.3 Å². The fraction of sp³-hybridized carbons (Fsp3) is 0.625. The average molecular weight is 262 g/mol. The molecule has 1 aliphatic carbocycles. The number of benzene rings is 1. The molecule has 0 unspecified atom stereocenters. The van der Waals surface area contributed by atoms with Gasteiger partial charge in [0.1, 0.15) is 5.75 Å². The minimum Gasteiger partial charge on any atom is -0.496 e. The smallest absolute Gasteiger partial charge is 0.122 e. The molecule has 1 saturated carbocycles. The molecule has 1 aromatic rings. The first-order valence-corrected chi connectivity index (χ1v) is 7.16. The number of rotatable bonds is 7. The van der Waals surface area contributed by atoms with E-state index in [-0.39, 0.29) is 0 Å². The summed E-state index contributed by atoms with van der Waals surface area (Å²) in [6.45, 7) is 7.21. The summed E-state index contributed by atoms with van der Waals surface area (Å²) in [7, 11) is 1.73. The first-order chi connectivity index (χ1) is 9.12. The number of methoxy groups -OCH3 is 1. The van der Waals surface area contributed by atoms with Gasteiger partial charge < -0.3 is 15.8 Å². The number of nitrogens with one attached hydrogen (secondary N) is 1. The van der Waals surface area contributed by atoms with E-state index < -0.39 is 0 Å². The van der Waals surface area contributed by atoms with Gasteiger partial charge in [-0.2, -0.15) is 0 Å². The number of nitrogens with two attached hydrogens (primary N) is 1. The van der Waals surface area contributed by atoms with Gasteiger partial charge in [-0.05, 0) is 74.4 Å². The highest BCUT2D eigenvalue weighted by Gasteiger charge is 2.40. The van der Waals surface area contributed by atoms with E-state index in [0.29, 0.717) is 5.41 Å². The minimum absolute atomic E-state index is 0.421. The minimum atomic E-state index is 0.421. The number of hydrogen-bond acceptors (Lipinski definition) is 3. The second-order valence-corrected chi connectivity index (χ2v) is 5.81. The van der Waals surface area contributed by atoms with E-state index in [9.17, 15) is 0 Å². The van der Waals surface area contributed by atoms with Gasteiger partial charge in [0.25, 0.3) is 0 Å². The van der Waals surface area contributed by atoms with Crippen LogP contribution in [-0.2, 0) is 6.42 Å². The SMILES string of the molecule is COc1ccc(CCNCC2(CN)CC2)c(C)c1C. The zero-order valence-corrected chi connectivity index (χ0v) is 12.4. The molecule has 3 heteroatoms. The molecule has 0 atom stereocenters. The molecular formula is C16H26N2O. The fourth-order valence-electron chi connectivity index (χ4n) is 2.55. The van der Waals surface area contributed by atoms with Gasteiger partial charge in [-0.15, -0.1) is 0 Å². The molecule has 3 nitrogen and oxygen atoms in total. The normalized spacial score (nSPS) is 16.4. The maximum Gasteiger partial charge on any atom is 0.122 e. The van der Waals surface area contributed by atoms with Crippen molar-refractivity contribution in [3.63, 3.8) is 0 Å². The van der Waals surface area contributed by atoms with E-state index in [1.54, 1.807) is 7.11 Å². The standard InChI is InChI=1S/C16H26N2O/c1-12-13(2)15(19-3)5-4-14(12)6-9-18-11-16(10-17)7-8-16/h4-5,18H,6-11,17H2,1-3H3. The fourth-order valence-corrected chi connectivity index (χ4v) is 2.55. The van der Waals surface area contributed by atoms with Crippen LogP contribution in [0.3, 0.4) is 0 Å². The Morgan fingerprint density at radius 2 is 2.00 bits per heavy atom. The zero-order chi connectivity index (χ0) is 13.9. The van der Waals surface area contributed by atoms with Crippen LogP contribution >= 0.6 is 0 Å². The Bertz CT molecular complexity index is 439. The van der Waals surface area contributed by atoms with Crippen molar-refractivity contribution in [2.45, 2.75) is 33.1 Å². The second kappa shape index (κ2) is 5.93. The van der Waals surface area contributed by atoms with E-state index >= 15 is 0 Å². The Morgan fingerprint density at radius 1 is 1.26 bits per heavy atom. The lowest BCUT2D eigenvalue weighted by atomic mass is 10.00. The maximum absolute atomic E-state index is 5.78. The number of hydrogen-bond donors (Lipinski definition) is 2. The van der Waals surface area contributed by atoms with Gasteiger partial charge in [0.15, 0.2) is 0 Å². The molecule has 1 fully saturated rings. The van der Waals surface area contributed by atoms with Crippen molar-refractivity contribution < 1.29 is 4.74 Å². The van der Waals surface area contributed by atoms with Crippen LogP contribution in [-0.4, -0.2) is 26.7 Å². The first-order valence-electron chi connectivity index (χ1n) is 7.16. The van der Waals surface area contributed by atoms with Crippen molar-refractivity contribution in [2.24, 2.45) is 11.1 Å². The average Bonchev–Trinajstić information content (AvgIpc) is 3.20. The Morgan fingerprint density at radius 3 is 2.58 bits per heavy atom. The highest BCUT2D eigenvalue weighted by molar-refractivity contribution is 5.43. The third-order valence-electron chi connectivity index (χ3n) is 4.53. The van der Waals surface area contributed by atoms with Gasteiger partial charge in [-0.1, -0.05) is 6.07 Å². The van der Waals surface area contributed by atoms with Gasteiger partial charge in [-0.25, -0.2) is 0 Å². The maximum atomic E-state index is 5.78. The molecule has 0 aliphatic heterocycles. The summed E-state index contributed by atoms with van der Waals surface area (Å²) >= 11 is 0. The lowest BCUT2D eigenvalue weighted by molar-refractivity contribution is 0.411. The molecule has 0 spiro atoms.